The van der Waals surface area contributed by atoms with Crippen molar-refractivity contribution in [3.8, 4) is 0 Å². The maximum Gasteiger partial charge on any atom is 0.163 e. The van der Waals surface area contributed by atoms with Crippen LogP contribution in [-0.2, 0) is 9.47 Å². The van der Waals surface area contributed by atoms with E-state index >= 15 is 0 Å². The van der Waals surface area contributed by atoms with Gasteiger partial charge in [-0.15, -0.1) is 11.8 Å². The Bertz CT molecular complexity index is 400. The van der Waals surface area contributed by atoms with E-state index in [9.17, 15) is 5.11 Å². The molecule has 1 unspecified atom stereocenters. The minimum absolute atomic E-state index is 0.208. The zero-order valence-corrected chi connectivity index (χ0v) is 12.6. The summed E-state index contributed by atoms with van der Waals surface area (Å²) in [6.07, 6.45) is 0.802. The van der Waals surface area contributed by atoms with Crippen LogP contribution in [-0.4, -0.2) is 29.4 Å². The Balaban J connectivity index is 1.74. The van der Waals surface area contributed by atoms with Gasteiger partial charge >= 0.3 is 0 Å². The van der Waals surface area contributed by atoms with E-state index in [1.165, 1.54) is 4.90 Å². The van der Waals surface area contributed by atoms with Crippen molar-refractivity contribution >= 4 is 11.8 Å². The fraction of sp³-hybridized carbons (Fsp3) is 0.600. The molecule has 1 aromatic carbocycles. The normalized spacial score (nSPS) is 23.5. The van der Waals surface area contributed by atoms with Crippen molar-refractivity contribution in [1.82, 2.24) is 0 Å². The first-order valence-corrected chi connectivity index (χ1v) is 7.67. The molecule has 4 heteroatoms. The van der Waals surface area contributed by atoms with E-state index in [0.29, 0.717) is 6.61 Å². The lowest BCUT2D eigenvalue weighted by molar-refractivity contribution is -0.138. The highest BCUT2D eigenvalue weighted by molar-refractivity contribution is 7.99. The Morgan fingerprint density at radius 2 is 2.05 bits per heavy atom. The summed E-state index contributed by atoms with van der Waals surface area (Å²) in [4.78, 5) is 1.22. The Morgan fingerprint density at radius 3 is 2.58 bits per heavy atom. The molecule has 0 radical (unpaired) electrons. The lowest BCUT2D eigenvalue weighted by Crippen LogP contribution is -2.21. The number of aliphatic hydroxyl groups excluding tert-OH is 1. The van der Waals surface area contributed by atoms with Gasteiger partial charge in [-0.1, -0.05) is 12.1 Å². The molecule has 1 aliphatic rings. The number of hydrogen-bond donors (Lipinski definition) is 1. The van der Waals surface area contributed by atoms with E-state index in [1.807, 2.05) is 37.7 Å². The maximum atomic E-state index is 9.45. The third-order valence-corrected chi connectivity index (χ3v) is 4.18. The molecular weight excluding hydrogens is 260 g/mol. The van der Waals surface area contributed by atoms with Crippen molar-refractivity contribution in [1.29, 1.82) is 0 Å². The number of thioether (sulfide) groups is 1. The van der Waals surface area contributed by atoms with E-state index in [0.717, 1.165) is 17.7 Å². The van der Waals surface area contributed by atoms with E-state index in [4.69, 9.17) is 9.47 Å². The summed E-state index contributed by atoms with van der Waals surface area (Å²) >= 11 is 1.81. The number of benzene rings is 1. The van der Waals surface area contributed by atoms with Crippen LogP contribution in [0.3, 0.4) is 0 Å². The Kier molecular flexibility index (Phi) is 4.90. The fourth-order valence-electron chi connectivity index (χ4n) is 2.06. The van der Waals surface area contributed by atoms with Gasteiger partial charge in [0.25, 0.3) is 0 Å². The maximum absolute atomic E-state index is 9.45. The van der Waals surface area contributed by atoms with Crippen molar-refractivity contribution in [2.75, 3.05) is 12.4 Å². The standard InChI is InChI=1S/C15H22O3S/c1-11(16)12-4-6-14(7-5-12)19-9-8-13-10-17-15(2,3)18-13/h4-7,11,13,16H,8-10H2,1-3H3/t11?,13-/m0/s1. The molecule has 1 saturated heterocycles. The third kappa shape index (κ3) is 4.49. The SMILES string of the molecule is CC(O)c1ccc(SCC[C@H]2COC(C)(C)O2)cc1. The second-order valence-electron chi connectivity index (χ2n) is 5.33. The molecule has 1 N–H and O–H groups in total. The molecule has 1 heterocycles. The first-order valence-electron chi connectivity index (χ1n) is 6.69. The number of hydrogen-bond acceptors (Lipinski definition) is 4. The Morgan fingerprint density at radius 1 is 1.37 bits per heavy atom. The van der Waals surface area contributed by atoms with Crippen LogP contribution < -0.4 is 0 Å². The van der Waals surface area contributed by atoms with E-state index < -0.39 is 11.9 Å². The van der Waals surface area contributed by atoms with E-state index in [1.54, 1.807) is 6.92 Å². The van der Waals surface area contributed by atoms with Crippen LogP contribution in [0.5, 0.6) is 0 Å². The van der Waals surface area contributed by atoms with Gasteiger partial charge in [-0.3, -0.25) is 0 Å². The minimum atomic E-state index is -0.422. The quantitative estimate of drug-likeness (QED) is 0.840. The molecule has 1 aliphatic heterocycles. The first-order chi connectivity index (χ1) is 8.96. The molecule has 0 aromatic heterocycles. The van der Waals surface area contributed by atoms with Gasteiger partial charge in [0.2, 0.25) is 0 Å². The lowest BCUT2D eigenvalue weighted by Gasteiger charge is -2.16. The highest BCUT2D eigenvalue weighted by Gasteiger charge is 2.32. The molecule has 19 heavy (non-hydrogen) atoms. The predicted molar refractivity (Wildman–Crippen MR) is 77.3 cm³/mol. The number of rotatable bonds is 5. The zero-order chi connectivity index (χ0) is 13.9. The van der Waals surface area contributed by atoms with Gasteiger partial charge in [-0.25, -0.2) is 0 Å². The van der Waals surface area contributed by atoms with Gasteiger partial charge in [0, 0.05) is 10.6 Å². The van der Waals surface area contributed by atoms with Crippen LogP contribution >= 0.6 is 11.8 Å². The summed E-state index contributed by atoms with van der Waals surface area (Å²) in [6, 6.07) is 8.07. The minimum Gasteiger partial charge on any atom is -0.389 e. The molecule has 1 aromatic rings. The van der Waals surface area contributed by atoms with Crippen molar-refractivity contribution < 1.29 is 14.6 Å². The number of aliphatic hydroxyl groups is 1. The molecule has 0 saturated carbocycles. The highest BCUT2D eigenvalue weighted by Crippen LogP contribution is 2.27. The van der Waals surface area contributed by atoms with Crippen LogP contribution in [0.2, 0.25) is 0 Å². The van der Waals surface area contributed by atoms with Gasteiger partial charge in [0.05, 0.1) is 18.8 Å². The summed E-state index contributed by atoms with van der Waals surface area (Å²) in [5, 5.41) is 9.45. The fourth-order valence-corrected chi connectivity index (χ4v) is 3.00. The Hall–Kier alpha value is -0.550. The summed E-state index contributed by atoms with van der Waals surface area (Å²) in [5.41, 5.74) is 0.957. The van der Waals surface area contributed by atoms with Crippen molar-refractivity contribution in [3.63, 3.8) is 0 Å². The summed E-state index contributed by atoms with van der Waals surface area (Å²) < 4.78 is 11.3. The second kappa shape index (κ2) is 6.27. The molecule has 0 amide bonds. The molecule has 0 spiro atoms. The topological polar surface area (TPSA) is 38.7 Å². The van der Waals surface area contributed by atoms with Crippen LogP contribution in [0.4, 0.5) is 0 Å². The molecule has 2 rings (SSSR count). The average Bonchev–Trinajstić information content (AvgIpc) is 2.69. The van der Waals surface area contributed by atoms with E-state index in [2.05, 4.69) is 12.1 Å². The van der Waals surface area contributed by atoms with Gasteiger partial charge in [0.15, 0.2) is 5.79 Å². The molecule has 0 aliphatic carbocycles. The molecule has 106 valence electrons. The molecule has 3 nitrogen and oxygen atoms in total. The molecule has 0 bridgehead atoms. The summed E-state index contributed by atoms with van der Waals surface area (Å²) in [6.45, 7) is 6.37. The van der Waals surface area contributed by atoms with E-state index in [-0.39, 0.29) is 6.10 Å². The average molecular weight is 282 g/mol. The van der Waals surface area contributed by atoms with Gasteiger partial charge in [0.1, 0.15) is 0 Å². The van der Waals surface area contributed by atoms with Crippen LogP contribution in [0.1, 0.15) is 38.9 Å². The third-order valence-electron chi connectivity index (χ3n) is 3.14. The Labute approximate surface area is 119 Å². The summed E-state index contributed by atoms with van der Waals surface area (Å²) in [5.74, 6) is 0.590. The van der Waals surface area contributed by atoms with Gasteiger partial charge < -0.3 is 14.6 Å². The smallest absolute Gasteiger partial charge is 0.163 e. The monoisotopic (exact) mass is 282 g/mol. The largest absolute Gasteiger partial charge is 0.389 e. The zero-order valence-electron chi connectivity index (χ0n) is 11.8. The molecule has 2 atom stereocenters. The first kappa shape index (κ1) is 14.9. The van der Waals surface area contributed by atoms with Crippen LogP contribution in [0.25, 0.3) is 0 Å². The van der Waals surface area contributed by atoms with Gasteiger partial charge in [-0.2, -0.15) is 0 Å². The molecule has 1 fully saturated rings. The number of ether oxygens (including phenoxy) is 2. The van der Waals surface area contributed by atoms with Crippen LogP contribution in [0.15, 0.2) is 29.2 Å². The van der Waals surface area contributed by atoms with Crippen molar-refractivity contribution in [2.24, 2.45) is 0 Å². The van der Waals surface area contributed by atoms with Gasteiger partial charge in [-0.05, 0) is 44.9 Å². The molecular formula is C15H22O3S. The highest BCUT2D eigenvalue weighted by atomic mass is 32.2. The lowest BCUT2D eigenvalue weighted by atomic mass is 10.1. The van der Waals surface area contributed by atoms with Crippen molar-refractivity contribution in [2.45, 2.75) is 50.1 Å². The summed E-state index contributed by atoms with van der Waals surface area (Å²) in [7, 11) is 0. The van der Waals surface area contributed by atoms with Crippen molar-refractivity contribution in [3.05, 3.63) is 29.8 Å². The predicted octanol–water partition coefficient (Wildman–Crippen LogP) is 3.37. The second-order valence-corrected chi connectivity index (χ2v) is 6.50. The van der Waals surface area contributed by atoms with Crippen LogP contribution in [0, 0.1) is 0 Å².